The predicted molar refractivity (Wildman–Crippen MR) is 279 cm³/mol. The second kappa shape index (κ2) is 54.5. The molecule has 0 aliphatic carbocycles. The molecule has 1 unspecified atom stereocenters. The molecule has 0 aromatic heterocycles. The van der Waals surface area contributed by atoms with E-state index in [2.05, 4.69) is 39.0 Å². The lowest BCUT2D eigenvalue weighted by Gasteiger charge is -2.18. The molecule has 0 spiro atoms. The van der Waals surface area contributed by atoms with Gasteiger partial charge in [-0.2, -0.15) is 0 Å². The standard InChI is InChI=1S/C59H110O6/c1-4-7-10-13-16-19-22-25-27-28-29-30-32-34-37-40-43-46-49-52-58(61)64-55-56(54-63-57(60)51-48-45-42-39-36-33-24-21-18-15-12-9-6-3)65-59(62)53-50-47-44-41-38-35-31-26-23-20-17-14-11-8-5-2/h33,36,42,45,56H,4-32,34-35,37-41,43-44,46-55H2,1-3H3/b36-33+,45-42+. The zero-order valence-corrected chi connectivity index (χ0v) is 43.8. The van der Waals surface area contributed by atoms with Gasteiger partial charge in [-0.1, -0.05) is 283 Å². The minimum atomic E-state index is -0.788. The van der Waals surface area contributed by atoms with Crippen molar-refractivity contribution < 1.29 is 28.6 Å². The highest BCUT2D eigenvalue weighted by Gasteiger charge is 2.19. The minimum absolute atomic E-state index is 0.0825. The van der Waals surface area contributed by atoms with Crippen LogP contribution in [-0.2, 0) is 28.6 Å². The first kappa shape index (κ1) is 62.9. The van der Waals surface area contributed by atoms with Crippen molar-refractivity contribution in [2.75, 3.05) is 13.2 Å². The van der Waals surface area contributed by atoms with Gasteiger partial charge in [0.1, 0.15) is 13.2 Å². The molecular formula is C59H110O6. The first-order valence-corrected chi connectivity index (χ1v) is 28.8. The molecule has 1 atom stereocenters. The summed E-state index contributed by atoms with van der Waals surface area (Å²) in [5.41, 5.74) is 0. The van der Waals surface area contributed by atoms with Crippen LogP contribution in [0.15, 0.2) is 24.3 Å². The van der Waals surface area contributed by atoms with Crippen LogP contribution in [0.4, 0.5) is 0 Å². The molecule has 0 saturated heterocycles. The number of hydrogen-bond donors (Lipinski definition) is 0. The number of unbranched alkanes of at least 4 members (excludes halogenated alkanes) is 38. The van der Waals surface area contributed by atoms with Crippen LogP contribution in [0.25, 0.3) is 0 Å². The Labute approximate surface area is 404 Å². The van der Waals surface area contributed by atoms with Gasteiger partial charge in [-0.05, 0) is 38.5 Å². The van der Waals surface area contributed by atoms with Crippen LogP contribution in [0.5, 0.6) is 0 Å². The van der Waals surface area contributed by atoms with Crippen molar-refractivity contribution in [3.05, 3.63) is 24.3 Å². The lowest BCUT2D eigenvalue weighted by atomic mass is 10.0. The molecule has 0 N–H and O–H groups in total. The second-order valence-corrected chi connectivity index (χ2v) is 19.6. The number of rotatable bonds is 53. The monoisotopic (exact) mass is 915 g/mol. The number of carbonyl (C=O) groups is 3. The molecule has 0 amide bonds. The molecule has 0 aromatic rings. The highest BCUT2D eigenvalue weighted by molar-refractivity contribution is 5.71. The van der Waals surface area contributed by atoms with Gasteiger partial charge in [-0.3, -0.25) is 14.4 Å². The Morgan fingerprint density at radius 2 is 0.585 bits per heavy atom. The molecule has 0 radical (unpaired) electrons. The van der Waals surface area contributed by atoms with Gasteiger partial charge < -0.3 is 14.2 Å². The van der Waals surface area contributed by atoms with E-state index in [0.29, 0.717) is 19.3 Å². The first-order chi connectivity index (χ1) is 32.0. The summed E-state index contributed by atoms with van der Waals surface area (Å²) >= 11 is 0. The number of hydrogen-bond acceptors (Lipinski definition) is 6. The Morgan fingerprint density at radius 3 is 0.938 bits per heavy atom. The Hall–Kier alpha value is -2.11. The molecule has 0 heterocycles. The maximum atomic E-state index is 12.8. The normalized spacial score (nSPS) is 12.1. The van der Waals surface area contributed by atoms with Crippen LogP contribution in [0.1, 0.15) is 316 Å². The van der Waals surface area contributed by atoms with E-state index in [1.807, 2.05) is 6.08 Å². The van der Waals surface area contributed by atoms with Gasteiger partial charge in [-0.15, -0.1) is 0 Å². The Bertz CT molecular complexity index is 1050. The molecule has 0 fully saturated rings. The zero-order valence-electron chi connectivity index (χ0n) is 43.8. The van der Waals surface area contributed by atoms with Crippen LogP contribution in [0.2, 0.25) is 0 Å². The zero-order chi connectivity index (χ0) is 47.2. The van der Waals surface area contributed by atoms with Crippen LogP contribution in [-0.4, -0.2) is 37.2 Å². The number of esters is 3. The molecule has 0 aliphatic heterocycles. The van der Waals surface area contributed by atoms with E-state index in [0.717, 1.165) is 51.4 Å². The number of allylic oxidation sites excluding steroid dienone is 4. The van der Waals surface area contributed by atoms with Crippen molar-refractivity contribution >= 4 is 17.9 Å². The van der Waals surface area contributed by atoms with Crippen LogP contribution < -0.4 is 0 Å². The average molecular weight is 916 g/mol. The summed E-state index contributed by atoms with van der Waals surface area (Å²) in [4.78, 5) is 38.1. The highest BCUT2D eigenvalue weighted by Crippen LogP contribution is 2.17. The number of carbonyl (C=O) groups excluding carboxylic acids is 3. The average Bonchev–Trinajstić information content (AvgIpc) is 3.30. The fraction of sp³-hybridized carbons (Fsp3) is 0.881. The Balaban J connectivity index is 4.33. The first-order valence-electron chi connectivity index (χ1n) is 28.8. The third-order valence-corrected chi connectivity index (χ3v) is 13.0. The molecule has 0 rings (SSSR count). The minimum Gasteiger partial charge on any atom is -0.462 e. The van der Waals surface area contributed by atoms with E-state index in [9.17, 15) is 14.4 Å². The lowest BCUT2D eigenvalue weighted by Crippen LogP contribution is -2.30. The molecule has 6 nitrogen and oxygen atoms in total. The largest absolute Gasteiger partial charge is 0.462 e. The van der Waals surface area contributed by atoms with Gasteiger partial charge in [0.05, 0.1) is 0 Å². The van der Waals surface area contributed by atoms with Crippen LogP contribution >= 0.6 is 0 Å². The van der Waals surface area contributed by atoms with Gasteiger partial charge in [0.2, 0.25) is 0 Å². The molecule has 0 saturated carbocycles. The van der Waals surface area contributed by atoms with E-state index < -0.39 is 6.10 Å². The topological polar surface area (TPSA) is 78.9 Å². The maximum absolute atomic E-state index is 12.8. The third-order valence-electron chi connectivity index (χ3n) is 13.0. The molecule has 0 aromatic carbocycles. The maximum Gasteiger partial charge on any atom is 0.306 e. The smallest absolute Gasteiger partial charge is 0.306 e. The van der Waals surface area contributed by atoms with Crippen molar-refractivity contribution in [2.45, 2.75) is 322 Å². The quantitative estimate of drug-likeness (QED) is 0.0262. The van der Waals surface area contributed by atoms with E-state index in [1.165, 1.54) is 218 Å². The van der Waals surface area contributed by atoms with Gasteiger partial charge in [0.15, 0.2) is 6.10 Å². The molecule has 382 valence electrons. The molecular weight excluding hydrogens is 805 g/mol. The Morgan fingerprint density at radius 1 is 0.308 bits per heavy atom. The summed E-state index contributed by atoms with van der Waals surface area (Å²) in [5.74, 6) is -0.932. The lowest BCUT2D eigenvalue weighted by molar-refractivity contribution is -0.166. The van der Waals surface area contributed by atoms with E-state index in [-0.39, 0.29) is 37.5 Å². The third kappa shape index (κ3) is 52.7. The van der Waals surface area contributed by atoms with Crippen molar-refractivity contribution in [1.82, 2.24) is 0 Å². The van der Waals surface area contributed by atoms with Gasteiger partial charge >= 0.3 is 17.9 Å². The predicted octanol–water partition coefficient (Wildman–Crippen LogP) is 19.1. The summed E-state index contributed by atoms with van der Waals surface area (Å²) in [6.07, 6.45) is 63.3. The summed E-state index contributed by atoms with van der Waals surface area (Å²) in [6, 6.07) is 0. The van der Waals surface area contributed by atoms with Gasteiger partial charge in [-0.25, -0.2) is 0 Å². The summed E-state index contributed by atoms with van der Waals surface area (Å²) in [7, 11) is 0. The second-order valence-electron chi connectivity index (χ2n) is 19.6. The van der Waals surface area contributed by atoms with Crippen LogP contribution in [0.3, 0.4) is 0 Å². The summed E-state index contributed by atoms with van der Waals surface area (Å²) < 4.78 is 16.8. The number of ether oxygens (including phenoxy) is 3. The van der Waals surface area contributed by atoms with Crippen molar-refractivity contribution in [2.24, 2.45) is 0 Å². The van der Waals surface area contributed by atoms with Crippen molar-refractivity contribution in [3.63, 3.8) is 0 Å². The van der Waals surface area contributed by atoms with E-state index >= 15 is 0 Å². The molecule has 6 heteroatoms. The van der Waals surface area contributed by atoms with Crippen molar-refractivity contribution in [3.8, 4) is 0 Å². The Kier molecular flexibility index (Phi) is 52.7. The highest BCUT2D eigenvalue weighted by atomic mass is 16.6. The van der Waals surface area contributed by atoms with E-state index in [4.69, 9.17) is 14.2 Å². The molecule has 0 aliphatic rings. The summed E-state index contributed by atoms with van der Waals surface area (Å²) in [6.45, 7) is 6.63. The molecule has 65 heavy (non-hydrogen) atoms. The van der Waals surface area contributed by atoms with Crippen LogP contribution in [0, 0.1) is 0 Å². The van der Waals surface area contributed by atoms with Gasteiger partial charge in [0.25, 0.3) is 0 Å². The SMILES string of the molecule is CCCCCCCC/C=C/C/C=C/CCC(=O)OCC(COC(=O)CCCCCCCCCCCCCCCCCCCCC)OC(=O)CCCCCCCCCCCCCCCCC. The molecule has 0 bridgehead atoms. The van der Waals surface area contributed by atoms with E-state index in [1.54, 1.807) is 0 Å². The fourth-order valence-electron chi connectivity index (χ4n) is 8.62. The van der Waals surface area contributed by atoms with Crippen molar-refractivity contribution in [1.29, 1.82) is 0 Å². The fourth-order valence-corrected chi connectivity index (χ4v) is 8.62. The van der Waals surface area contributed by atoms with Gasteiger partial charge in [0, 0.05) is 19.3 Å². The summed E-state index contributed by atoms with van der Waals surface area (Å²) in [5, 5.41) is 0.